The van der Waals surface area contributed by atoms with Crippen molar-refractivity contribution in [3.05, 3.63) is 46.2 Å². The summed E-state index contributed by atoms with van der Waals surface area (Å²) in [6, 6.07) is 4.18. The summed E-state index contributed by atoms with van der Waals surface area (Å²) in [5, 5.41) is 3.27. The maximum atomic E-state index is 5.77. The molecule has 0 radical (unpaired) electrons. The van der Waals surface area contributed by atoms with Gasteiger partial charge >= 0.3 is 0 Å². The van der Waals surface area contributed by atoms with Crippen molar-refractivity contribution in [1.29, 1.82) is 0 Å². The fraction of sp³-hybridized carbons (Fsp3) is 0.500. The van der Waals surface area contributed by atoms with Gasteiger partial charge in [-0.2, -0.15) is 0 Å². The van der Waals surface area contributed by atoms with E-state index < -0.39 is 0 Å². The number of pyridine rings is 1. The van der Waals surface area contributed by atoms with E-state index in [-0.39, 0.29) is 0 Å². The number of aryl methyl sites for hydroxylation is 1. The van der Waals surface area contributed by atoms with Crippen LogP contribution in [0.4, 0.5) is 0 Å². The number of rotatable bonds is 9. The second-order valence-corrected chi connectivity index (χ2v) is 6.26. The van der Waals surface area contributed by atoms with Crippen molar-refractivity contribution in [3.8, 4) is 0 Å². The Bertz CT molecular complexity index is 515. The quantitative estimate of drug-likeness (QED) is 0.513. The van der Waals surface area contributed by atoms with Crippen LogP contribution >= 0.6 is 22.9 Å². The molecule has 0 fully saturated rings. The third-order valence-corrected chi connectivity index (χ3v) is 4.69. The molecule has 0 aliphatic rings. The summed E-state index contributed by atoms with van der Waals surface area (Å²) in [5.74, 6) is 0.520. The third kappa shape index (κ3) is 5.73. The van der Waals surface area contributed by atoms with Gasteiger partial charge in [0.25, 0.3) is 0 Å². The molecule has 21 heavy (non-hydrogen) atoms. The highest BCUT2D eigenvalue weighted by molar-refractivity contribution is 7.09. The maximum Gasteiger partial charge on any atom is 0.0928 e. The first-order chi connectivity index (χ1) is 10.3. The van der Waals surface area contributed by atoms with E-state index in [1.807, 2.05) is 12.4 Å². The second-order valence-electron chi connectivity index (χ2n) is 5.05. The number of thiazole rings is 1. The molecule has 0 saturated carbocycles. The Balaban J connectivity index is 1.68. The summed E-state index contributed by atoms with van der Waals surface area (Å²) in [7, 11) is 0. The van der Waals surface area contributed by atoms with Crippen molar-refractivity contribution < 1.29 is 0 Å². The van der Waals surface area contributed by atoms with Gasteiger partial charge in [0.15, 0.2) is 0 Å². The van der Waals surface area contributed by atoms with Crippen molar-refractivity contribution in [1.82, 2.24) is 14.9 Å². The first kappa shape index (κ1) is 16.4. The Morgan fingerprint density at radius 2 is 2.05 bits per heavy atom. The minimum Gasteiger partial charge on any atom is -0.299 e. The largest absolute Gasteiger partial charge is 0.299 e. The van der Waals surface area contributed by atoms with Crippen molar-refractivity contribution in [2.75, 3.05) is 13.1 Å². The van der Waals surface area contributed by atoms with E-state index in [4.69, 9.17) is 11.6 Å². The van der Waals surface area contributed by atoms with Crippen LogP contribution in [-0.2, 0) is 18.8 Å². The number of halogens is 1. The first-order valence-electron chi connectivity index (χ1n) is 7.42. The first-order valence-corrected chi connectivity index (χ1v) is 8.83. The van der Waals surface area contributed by atoms with Gasteiger partial charge in [-0.15, -0.1) is 22.9 Å². The van der Waals surface area contributed by atoms with Crippen molar-refractivity contribution in [2.24, 2.45) is 0 Å². The van der Waals surface area contributed by atoms with Gasteiger partial charge in [0.05, 0.1) is 16.6 Å². The number of unbranched alkanes of at least 4 members (excludes halogenated alkanes) is 1. The van der Waals surface area contributed by atoms with Gasteiger partial charge in [-0.05, 0) is 50.0 Å². The van der Waals surface area contributed by atoms with Gasteiger partial charge in [-0.3, -0.25) is 9.88 Å². The van der Waals surface area contributed by atoms with Crippen LogP contribution < -0.4 is 0 Å². The van der Waals surface area contributed by atoms with Gasteiger partial charge in [0.2, 0.25) is 0 Å². The molecule has 2 rings (SSSR count). The molecule has 2 aromatic rings. The van der Waals surface area contributed by atoms with E-state index in [0.717, 1.165) is 31.7 Å². The molecule has 0 N–H and O–H groups in total. The molecular weight excluding hydrogens is 302 g/mol. The molecule has 0 spiro atoms. The van der Waals surface area contributed by atoms with E-state index in [2.05, 4.69) is 39.3 Å². The monoisotopic (exact) mass is 323 g/mol. The van der Waals surface area contributed by atoms with E-state index in [9.17, 15) is 0 Å². The summed E-state index contributed by atoms with van der Waals surface area (Å²) >= 11 is 7.50. The Kier molecular flexibility index (Phi) is 7.13. The minimum absolute atomic E-state index is 0.520. The number of aromatic nitrogens is 2. The molecule has 0 saturated heterocycles. The molecular formula is C16H22ClN3S. The molecule has 0 aliphatic heterocycles. The fourth-order valence-electron chi connectivity index (χ4n) is 2.23. The fourth-order valence-corrected chi connectivity index (χ4v) is 3.30. The summed E-state index contributed by atoms with van der Waals surface area (Å²) in [6.07, 6.45) is 7.17. The van der Waals surface area contributed by atoms with Crippen molar-refractivity contribution >= 4 is 22.9 Å². The second kappa shape index (κ2) is 9.13. The predicted octanol–water partition coefficient (Wildman–Crippen LogP) is 4.12. The van der Waals surface area contributed by atoms with Crippen molar-refractivity contribution in [2.45, 2.75) is 38.6 Å². The molecule has 0 atom stereocenters. The van der Waals surface area contributed by atoms with Crippen LogP contribution in [0.1, 0.15) is 36.0 Å². The maximum absolute atomic E-state index is 5.77. The predicted molar refractivity (Wildman–Crippen MR) is 89.8 cm³/mol. The molecule has 0 bridgehead atoms. The van der Waals surface area contributed by atoms with E-state index in [1.54, 1.807) is 11.3 Å². The highest BCUT2D eigenvalue weighted by atomic mass is 35.5. The number of hydrogen-bond donors (Lipinski definition) is 0. The zero-order valence-corrected chi connectivity index (χ0v) is 14.0. The molecule has 0 aromatic carbocycles. The highest BCUT2D eigenvalue weighted by Gasteiger charge is 2.05. The van der Waals surface area contributed by atoms with Crippen molar-refractivity contribution in [3.63, 3.8) is 0 Å². The number of hydrogen-bond acceptors (Lipinski definition) is 4. The third-order valence-electron chi connectivity index (χ3n) is 3.45. The van der Waals surface area contributed by atoms with Crippen LogP contribution in [0.15, 0.2) is 29.9 Å². The molecule has 5 heteroatoms. The van der Waals surface area contributed by atoms with Gasteiger partial charge in [-0.1, -0.05) is 6.92 Å². The molecule has 114 valence electrons. The van der Waals surface area contributed by atoms with Crippen LogP contribution in [0.25, 0.3) is 0 Å². The summed E-state index contributed by atoms with van der Waals surface area (Å²) in [4.78, 5) is 11.0. The van der Waals surface area contributed by atoms with E-state index in [1.165, 1.54) is 23.4 Å². The molecule has 0 unspecified atom stereocenters. The molecule has 0 amide bonds. The lowest BCUT2D eigenvalue weighted by molar-refractivity contribution is 0.274. The Labute approximate surface area is 136 Å². The molecule has 2 heterocycles. The number of nitrogens with zero attached hydrogens (tertiary/aromatic N) is 3. The zero-order valence-electron chi connectivity index (χ0n) is 12.5. The van der Waals surface area contributed by atoms with Crippen LogP contribution in [-0.4, -0.2) is 28.0 Å². The average Bonchev–Trinajstić information content (AvgIpc) is 2.99. The molecule has 2 aromatic heterocycles. The Hall–Kier alpha value is -0.970. The SMILES string of the molecule is CCN(CCCCc1nc(CCl)cs1)Cc1ccncc1. The van der Waals surface area contributed by atoms with Gasteiger partial charge in [0, 0.05) is 24.3 Å². The topological polar surface area (TPSA) is 29.0 Å². The van der Waals surface area contributed by atoms with Crippen LogP contribution in [0.2, 0.25) is 0 Å². The lowest BCUT2D eigenvalue weighted by Crippen LogP contribution is -2.24. The minimum atomic E-state index is 0.520. The lowest BCUT2D eigenvalue weighted by atomic mass is 10.2. The van der Waals surface area contributed by atoms with Crippen LogP contribution in [0.5, 0.6) is 0 Å². The normalized spacial score (nSPS) is 11.2. The summed E-state index contributed by atoms with van der Waals surface area (Å²) < 4.78 is 0. The van der Waals surface area contributed by atoms with E-state index in [0.29, 0.717) is 5.88 Å². The number of alkyl halides is 1. The van der Waals surface area contributed by atoms with Gasteiger partial charge in [0.1, 0.15) is 0 Å². The van der Waals surface area contributed by atoms with Crippen LogP contribution in [0.3, 0.4) is 0 Å². The highest BCUT2D eigenvalue weighted by Crippen LogP contribution is 2.14. The summed E-state index contributed by atoms with van der Waals surface area (Å²) in [5.41, 5.74) is 2.34. The van der Waals surface area contributed by atoms with Gasteiger partial charge in [-0.25, -0.2) is 4.98 Å². The van der Waals surface area contributed by atoms with E-state index >= 15 is 0 Å². The smallest absolute Gasteiger partial charge is 0.0928 e. The molecule has 0 aliphatic carbocycles. The van der Waals surface area contributed by atoms with Crippen LogP contribution in [0, 0.1) is 0 Å². The standard InChI is InChI=1S/C16H22ClN3S/c1-2-20(12-14-6-8-18-9-7-14)10-4-3-5-16-19-15(11-17)13-21-16/h6-9,13H,2-5,10-12H2,1H3. The Morgan fingerprint density at radius 3 is 2.71 bits per heavy atom. The zero-order chi connectivity index (χ0) is 14.9. The lowest BCUT2D eigenvalue weighted by Gasteiger charge is -2.20. The van der Waals surface area contributed by atoms with Gasteiger partial charge < -0.3 is 0 Å². The average molecular weight is 324 g/mol. The molecule has 3 nitrogen and oxygen atoms in total. The summed E-state index contributed by atoms with van der Waals surface area (Å²) in [6.45, 7) is 5.43. The Morgan fingerprint density at radius 1 is 1.24 bits per heavy atom.